The van der Waals surface area contributed by atoms with Crippen molar-refractivity contribution >= 4 is 23.4 Å². The Morgan fingerprint density at radius 2 is 1.81 bits per heavy atom. The zero-order valence-electron chi connectivity index (χ0n) is 17.3. The van der Waals surface area contributed by atoms with Crippen molar-refractivity contribution < 1.29 is 18.8 Å². The second-order valence-corrected chi connectivity index (χ2v) is 7.77. The maximum absolute atomic E-state index is 13.3. The number of halogens is 1. The Labute approximate surface area is 180 Å². The average molecular weight is 421 g/mol. The van der Waals surface area contributed by atoms with Gasteiger partial charge in [0.05, 0.1) is 0 Å². The van der Waals surface area contributed by atoms with E-state index in [-0.39, 0.29) is 12.5 Å². The van der Waals surface area contributed by atoms with Crippen molar-refractivity contribution in [2.75, 3.05) is 19.6 Å². The first kappa shape index (κ1) is 20.8. The molecular formula is C24H24FN3O3. The first-order valence-electron chi connectivity index (χ1n) is 10.4. The topological polar surface area (TPSA) is 69.7 Å². The minimum absolute atomic E-state index is 0.280. The van der Waals surface area contributed by atoms with E-state index in [0.717, 1.165) is 10.5 Å². The molecule has 1 N–H and O–H groups in total. The number of amides is 4. The molecule has 2 aromatic rings. The van der Waals surface area contributed by atoms with Crippen LogP contribution in [0.25, 0.3) is 5.57 Å². The summed E-state index contributed by atoms with van der Waals surface area (Å²) >= 11 is 0. The van der Waals surface area contributed by atoms with E-state index in [2.05, 4.69) is 5.32 Å². The molecule has 0 aliphatic carbocycles. The highest BCUT2D eigenvalue weighted by Gasteiger charge is 2.51. The minimum Gasteiger partial charge on any atom is -0.337 e. The van der Waals surface area contributed by atoms with Crippen molar-refractivity contribution in [2.45, 2.75) is 25.3 Å². The lowest BCUT2D eigenvalue weighted by Crippen LogP contribution is -2.46. The maximum atomic E-state index is 13.3. The Morgan fingerprint density at radius 1 is 1.10 bits per heavy atom. The zero-order chi connectivity index (χ0) is 22.0. The Kier molecular flexibility index (Phi) is 5.59. The van der Waals surface area contributed by atoms with Gasteiger partial charge in [0.25, 0.3) is 5.91 Å². The second kappa shape index (κ2) is 8.34. The van der Waals surface area contributed by atoms with Crippen molar-refractivity contribution in [1.82, 2.24) is 15.1 Å². The van der Waals surface area contributed by atoms with Crippen LogP contribution in [0.2, 0.25) is 0 Å². The molecule has 4 rings (SSSR count). The molecule has 7 heteroatoms. The molecule has 0 aromatic heterocycles. The van der Waals surface area contributed by atoms with Crippen LogP contribution in [0.5, 0.6) is 0 Å². The molecule has 0 radical (unpaired) electrons. The number of rotatable bonds is 5. The Hall–Kier alpha value is -3.48. The highest BCUT2D eigenvalue weighted by atomic mass is 19.1. The number of nitrogens with zero attached hydrogens (tertiary/aromatic N) is 2. The molecule has 0 saturated carbocycles. The van der Waals surface area contributed by atoms with Gasteiger partial charge in [-0.1, -0.05) is 55.5 Å². The van der Waals surface area contributed by atoms with Gasteiger partial charge >= 0.3 is 6.03 Å². The number of urea groups is 1. The highest BCUT2D eigenvalue weighted by Crippen LogP contribution is 2.32. The summed E-state index contributed by atoms with van der Waals surface area (Å²) in [5.41, 5.74) is 1.53. The van der Waals surface area contributed by atoms with E-state index in [1.165, 1.54) is 29.8 Å². The fourth-order valence-electron chi connectivity index (χ4n) is 4.19. The number of carbonyl (C=O) groups excluding carboxylic acids is 3. The van der Waals surface area contributed by atoms with Gasteiger partial charge in [-0.3, -0.25) is 14.5 Å². The van der Waals surface area contributed by atoms with Crippen molar-refractivity contribution in [3.63, 3.8) is 0 Å². The monoisotopic (exact) mass is 421 g/mol. The van der Waals surface area contributed by atoms with Crippen LogP contribution in [-0.2, 0) is 15.1 Å². The SMILES string of the molecule is CC[C@]1(c2ccc(F)cc2)NC(=O)N(CC(=O)N2CC=C(c3ccccc3)CC2)C1=O. The molecular weight excluding hydrogens is 397 g/mol. The molecule has 160 valence electrons. The summed E-state index contributed by atoms with van der Waals surface area (Å²) in [6, 6.07) is 14.9. The normalized spacial score (nSPS) is 21.2. The quantitative estimate of drug-likeness (QED) is 0.754. The number of imide groups is 1. The third-order valence-corrected chi connectivity index (χ3v) is 6.04. The van der Waals surface area contributed by atoms with E-state index in [1.54, 1.807) is 11.8 Å². The lowest BCUT2D eigenvalue weighted by Gasteiger charge is -2.28. The van der Waals surface area contributed by atoms with Gasteiger partial charge < -0.3 is 10.2 Å². The van der Waals surface area contributed by atoms with Crippen LogP contribution in [0.15, 0.2) is 60.7 Å². The molecule has 0 spiro atoms. The van der Waals surface area contributed by atoms with Gasteiger partial charge in [0.1, 0.15) is 17.9 Å². The van der Waals surface area contributed by atoms with Gasteiger partial charge in [0.15, 0.2) is 0 Å². The summed E-state index contributed by atoms with van der Waals surface area (Å²) in [7, 11) is 0. The molecule has 6 nitrogen and oxygen atoms in total. The number of hydrogen-bond acceptors (Lipinski definition) is 3. The van der Waals surface area contributed by atoms with Crippen LogP contribution in [0.3, 0.4) is 0 Å². The van der Waals surface area contributed by atoms with Crippen molar-refractivity contribution in [3.05, 3.63) is 77.6 Å². The molecule has 1 fully saturated rings. The maximum Gasteiger partial charge on any atom is 0.325 e. The van der Waals surface area contributed by atoms with Gasteiger partial charge in [-0.25, -0.2) is 9.18 Å². The summed E-state index contributed by atoms with van der Waals surface area (Å²) in [6.45, 7) is 2.42. The molecule has 4 amide bonds. The Morgan fingerprint density at radius 3 is 2.42 bits per heavy atom. The summed E-state index contributed by atoms with van der Waals surface area (Å²) in [5.74, 6) is -1.19. The molecule has 31 heavy (non-hydrogen) atoms. The van der Waals surface area contributed by atoms with Crippen LogP contribution in [0.1, 0.15) is 30.9 Å². The Bertz CT molecular complexity index is 1040. The average Bonchev–Trinajstić information content (AvgIpc) is 3.05. The zero-order valence-corrected chi connectivity index (χ0v) is 17.3. The third-order valence-electron chi connectivity index (χ3n) is 6.04. The van der Waals surface area contributed by atoms with E-state index >= 15 is 0 Å². The first-order chi connectivity index (χ1) is 14.9. The van der Waals surface area contributed by atoms with E-state index < -0.39 is 23.3 Å². The van der Waals surface area contributed by atoms with Crippen LogP contribution in [-0.4, -0.2) is 47.3 Å². The number of hydrogen-bond donors (Lipinski definition) is 1. The van der Waals surface area contributed by atoms with E-state index in [4.69, 9.17) is 0 Å². The highest BCUT2D eigenvalue weighted by molar-refractivity contribution is 6.09. The summed E-state index contributed by atoms with van der Waals surface area (Å²) < 4.78 is 13.3. The van der Waals surface area contributed by atoms with Crippen molar-refractivity contribution in [1.29, 1.82) is 0 Å². The molecule has 2 aromatic carbocycles. The van der Waals surface area contributed by atoms with E-state index in [9.17, 15) is 18.8 Å². The predicted molar refractivity (Wildman–Crippen MR) is 114 cm³/mol. The lowest BCUT2D eigenvalue weighted by atomic mass is 9.87. The number of benzene rings is 2. The van der Waals surface area contributed by atoms with Gasteiger partial charge in [-0.05, 0) is 41.7 Å². The summed E-state index contributed by atoms with van der Waals surface area (Å²) in [4.78, 5) is 41.2. The number of nitrogens with one attached hydrogen (secondary N) is 1. The smallest absolute Gasteiger partial charge is 0.325 e. The van der Waals surface area contributed by atoms with E-state index in [0.29, 0.717) is 31.5 Å². The van der Waals surface area contributed by atoms with Crippen LogP contribution in [0, 0.1) is 5.82 Å². The molecule has 2 heterocycles. The minimum atomic E-state index is -1.28. The standard InChI is InChI=1S/C24H24FN3O3/c1-2-24(19-8-10-20(25)11-9-19)22(30)28(23(31)26-24)16-21(29)27-14-12-18(13-15-27)17-6-4-3-5-7-17/h3-12H,2,13-16H2,1H3,(H,26,31)/t24-/m1/s1. The van der Waals surface area contributed by atoms with Gasteiger partial charge in [-0.2, -0.15) is 0 Å². The largest absolute Gasteiger partial charge is 0.337 e. The van der Waals surface area contributed by atoms with Gasteiger partial charge in [-0.15, -0.1) is 0 Å². The van der Waals surface area contributed by atoms with Crippen LogP contribution < -0.4 is 5.32 Å². The first-order valence-corrected chi connectivity index (χ1v) is 10.4. The van der Waals surface area contributed by atoms with E-state index in [1.807, 2.05) is 36.4 Å². The van der Waals surface area contributed by atoms with Crippen LogP contribution in [0.4, 0.5) is 9.18 Å². The third kappa shape index (κ3) is 3.83. The number of carbonyl (C=O) groups is 3. The molecule has 0 unspecified atom stereocenters. The van der Waals surface area contributed by atoms with Crippen molar-refractivity contribution in [2.24, 2.45) is 0 Å². The van der Waals surface area contributed by atoms with Crippen LogP contribution >= 0.6 is 0 Å². The second-order valence-electron chi connectivity index (χ2n) is 7.77. The summed E-state index contributed by atoms with van der Waals surface area (Å²) in [5, 5.41) is 2.72. The Balaban J connectivity index is 1.46. The van der Waals surface area contributed by atoms with Gasteiger partial charge in [0.2, 0.25) is 5.91 Å². The predicted octanol–water partition coefficient (Wildman–Crippen LogP) is 3.30. The molecule has 0 bridgehead atoms. The lowest BCUT2D eigenvalue weighted by molar-refractivity contribution is -0.139. The molecule has 2 aliphatic rings. The molecule has 1 saturated heterocycles. The molecule has 2 aliphatic heterocycles. The van der Waals surface area contributed by atoms with Gasteiger partial charge in [0, 0.05) is 13.1 Å². The fraction of sp³-hybridized carbons (Fsp3) is 0.292. The summed E-state index contributed by atoms with van der Waals surface area (Å²) in [6.07, 6.45) is 3.02. The van der Waals surface area contributed by atoms with Crippen molar-refractivity contribution in [3.8, 4) is 0 Å². The molecule has 1 atom stereocenters. The fourth-order valence-corrected chi connectivity index (χ4v) is 4.19.